The summed E-state index contributed by atoms with van der Waals surface area (Å²) in [5, 5.41) is 17.4. The number of aromatic carboxylic acids is 1. The van der Waals surface area contributed by atoms with E-state index in [2.05, 4.69) is 15.7 Å². The van der Waals surface area contributed by atoms with Crippen molar-refractivity contribution >= 4 is 46.6 Å². The van der Waals surface area contributed by atoms with Crippen molar-refractivity contribution in [1.82, 2.24) is 0 Å². The van der Waals surface area contributed by atoms with E-state index < -0.39 is 23.9 Å². The second-order valence-electron chi connectivity index (χ2n) is 7.46. The van der Waals surface area contributed by atoms with Crippen LogP contribution in [0.3, 0.4) is 0 Å². The highest BCUT2D eigenvalue weighted by Crippen LogP contribution is 2.39. The number of hydrogen-bond donors (Lipinski definition) is 2. The maximum absolute atomic E-state index is 11.4. The molecule has 0 heterocycles. The van der Waals surface area contributed by atoms with Crippen molar-refractivity contribution in [3.8, 4) is 5.75 Å². The molecule has 0 radical (unpaired) electrons. The normalized spacial score (nSPS) is 10.5. The van der Waals surface area contributed by atoms with Gasteiger partial charge in [0, 0.05) is 26.8 Å². The molecule has 13 nitrogen and oxygen atoms in total. The molecule has 2 N–H and O–H groups in total. The quantitative estimate of drug-likeness (QED) is 0.173. The highest BCUT2D eigenvalue weighted by molar-refractivity contribution is 5.87. The molecule has 13 heteroatoms. The van der Waals surface area contributed by atoms with Gasteiger partial charge in [0.05, 0.1) is 37.1 Å². The van der Waals surface area contributed by atoms with Crippen LogP contribution in [-0.2, 0) is 28.7 Å². The first-order valence-corrected chi connectivity index (χ1v) is 11.0. The number of carboxylic acid groups (broad SMARTS) is 1. The number of carbonyl (C=O) groups excluding carboxylic acids is 3. The summed E-state index contributed by atoms with van der Waals surface area (Å²) in [5.41, 5.74) is 4.01. The van der Waals surface area contributed by atoms with Crippen molar-refractivity contribution in [3.05, 3.63) is 42.0 Å². The summed E-state index contributed by atoms with van der Waals surface area (Å²) in [5.74, 6) is -2.21. The zero-order chi connectivity index (χ0) is 27.4. The molecule has 0 aliphatic rings. The summed E-state index contributed by atoms with van der Waals surface area (Å²) >= 11 is 0. The number of hydrogen-bond acceptors (Lipinski definition) is 12. The van der Waals surface area contributed by atoms with Gasteiger partial charge in [0.15, 0.2) is 0 Å². The Morgan fingerprint density at radius 1 is 0.892 bits per heavy atom. The molecule has 2 rings (SSSR count). The lowest BCUT2D eigenvalue weighted by Crippen LogP contribution is -2.32. The first kappa shape index (κ1) is 28.6. The number of nitrogens with zero attached hydrogens (tertiary/aromatic N) is 3. The molecule has 198 valence electrons. The Bertz CT molecular complexity index is 1130. The minimum Gasteiger partial charge on any atom is -0.494 e. The van der Waals surface area contributed by atoms with Crippen LogP contribution in [-0.4, -0.2) is 62.4 Å². The van der Waals surface area contributed by atoms with Crippen LogP contribution in [0, 0.1) is 0 Å². The van der Waals surface area contributed by atoms with Gasteiger partial charge in [-0.1, -0.05) is 0 Å². The predicted molar refractivity (Wildman–Crippen MR) is 131 cm³/mol. The molecule has 2 aromatic rings. The number of carboxylic acids is 1. The summed E-state index contributed by atoms with van der Waals surface area (Å²) < 4.78 is 15.6. The van der Waals surface area contributed by atoms with Crippen LogP contribution in [0.1, 0.15) is 31.1 Å². The number of carbonyl (C=O) groups is 4. The number of nitrogens with one attached hydrogen (secondary N) is 1. The van der Waals surface area contributed by atoms with Gasteiger partial charge >= 0.3 is 23.9 Å². The summed E-state index contributed by atoms with van der Waals surface area (Å²) in [6, 6.07) is 8.89. The second-order valence-corrected chi connectivity index (χ2v) is 7.46. The first-order chi connectivity index (χ1) is 17.6. The minimum atomic E-state index is -1.07. The molecule has 2 aromatic carbocycles. The van der Waals surface area contributed by atoms with Gasteiger partial charge in [0.1, 0.15) is 30.3 Å². The van der Waals surface area contributed by atoms with E-state index in [1.165, 1.54) is 52.1 Å². The van der Waals surface area contributed by atoms with Crippen molar-refractivity contribution < 1.29 is 43.3 Å². The van der Waals surface area contributed by atoms with E-state index >= 15 is 0 Å². The van der Waals surface area contributed by atoms with Gasteiger partial charge in [-0.3, -0.25) is 14.4 Å². The van der Waals surface area contributed by atoms with Crippen LogP contribution in [0.15, 0.2) is 46.6 Å². The first-order valence-electron chi connectivity index (χ1n) is 11.0. The van der Waals surface area contributed by atoms with E-state index in [1.54, 1.807) is 17.0 Å². The van der Waals surface area contributed by atoms with Crippen LogP contribution < -0.4 is 15.1 Å². The van der Waals surface area contributed by atoms with Gasteiger partial charge in [0.25, 0.3) is 0 Å². The number of ether oxygens (including phenoxy) is 3. The van der Waals surface area contributed by atoms with E-state index in [-0.39, 0.29) is 43.2 Å². The predicted octanol–water partition coefficient (Wildman–Crippen LogP) is 3.63. The van der Waals surface area contributed by atoms with E-state index in [0.29, 0.717) is 17.1 Å². The fraction of sp³-hybridized carbons (Fsp3) is 0.333. The Labute approximate surface area is 212 Å². The number of esters is 2. The molecule has 0 saturated carbocycles. The average molecular weight is 517 g/mol. The highest BCUT2D eigenvalue weighted by Gasteiger charge is 2.18. The lowest BCUT2D eigenvalue weighted by atomic mass is 10.2. The maximum Gasteiger partial charge on any atom is 0.335 e. The zero-order valence-corrected chi connectivity index (χ0v) is 20.8. The van der Waals surface area contributed by atoms with E-state index in [1.807, 2.05) is 0 Å². The van der Waals surface area contributed by atoms with Crippen molar-refractivity contribution in [2.75, 3.05) is 43.8 Å². The number of rotatable bonds is 13. The van der Waals surface area contributed by atoms with Crippen molar-refractivity contribution in [2.24, 2.45) is 10.2 Å². The fourth-order valence-electron chi connectivity index (χ4n) is 2.99. The molecule has 0 aliphatic heterocycles. The lowest BCUT2D eigenvalue weighted by Gasteiger charge is -2.27. The molecule has 0 fully saturated rings. The van der Waals surface area contributed by atoms with E-state index in [4.69, 9.17) is 24.2 Å². The van der Waals surface area contributed by atoms with Crippen LogP contribution in [0.25, 0.3) is 0 Å². The molecule has 0 bridgehead atoms. The van der Waals surface area contributed by atoms with Crippen molar-refractivity contribution in [1.29, 1.82) is 0 Å². The highest BCUT2D eigenvalue weighted by atomic mass is 16.7. The second kappa shape index (κ2) is 14.0. The molecule has 0 aromatic heterocycles. The molecule has 0 aliphatic carbocycles. The van der Waals surface area contributed by atoms with Gasteiger partial charge in [-0.25, -0.2) is 10.3 Å². The van der Waals surface area contributed by atoms with Gasteiger partial charge in [-0.15, -0.1) is 5.11 Å². The topological polar surface area (TPSA) is 165 Å². The Morgan fingerprint density at radius 3 is 1.97 bits per heavy atom. The van der Waals surface area contributed by atoms with E-state index in [0.717, 1.165) is 0 Å². The molecular weight excluding hydrogens is 488 g/mol. The number of azo groups is 1. The van der Waals surface area contributed by atoms with Crippen LogP contribution in [0.2, 0.25) is 0 Å². The minimum absolute atomic E-state index is 0.0546. The molecular formula is C24H28N4O9. The van der Waals surface area contributed by atoms with Gasteiger partial charge in [0.2, 0.25) is 0 Å². The summed E-state index contributed by atoms with van der Waals surface area (Å²) in [7, 11) is 1.44. The SMILES string of the molecule is COc1cc(N=Nc2ccc(C(=O)O)cc2)c(NOC(C)=O)cc1N(CCOC(C)=O)CCOC(C)=O. The van der Waals surface area contributed by atoms with Crippen LogP contribution in [0.5, 0.6) is 5.75 Å². The van der Waals surface area contributed by atoms with E-state index in [9.17, 15) is 19.2 Å². The Morgan fingerprint density at radius 2 is 1.49 bits per heavy atom. The third-order valence-corrected chi connectivity index (χ3v) is 4.66. The third kappa shape index (κ3) is 9.47. The Balaban J connectivity index is 2.45. The fourth-order valence-corrected chi connectivity index (χ4v) is 2.99. The average Bonchev–Trinajstić information content (AvgIpc) is 2.85. The third-order valence-electron chi connectivity index (χ3n) is 4.66. The lowest BCUT2D eigenvalue weighted by molar-refractivity contribution is -0.141. The maximum atomic E-state index is 11.4. The molecule has 0 unspecified atom stereocenters. The van der Waals surface area contributed by atoms with Crippen molar-refractivity contribution in [3.63, 3.8) is 0 Å². The summed E-state index contributed by atoms with van der Waals surface area (Å²) in [6.45, 7) is 4.38. The van der Waals surface area contributed by atoms with Gasteiger partial charge in [-0.2, -0.15) is 5.11 Å². The molecule has 0 spiro atoms. The number of benzene rings is 2. The Kier molecular flexibility index (Phi) is 10.8. The van der Waals surface area contributed by atoms with Gasteiger partial charge < -0.3 is 29.1 Å². The Hall–Kier alpha value is -4.68. The van der Waals surface area contributed by atoms with Crippen LogP contribution in [0.4, 0.5) is 22.7 Å². The molecule has 0 amide bonds. The molecule has 0 saturated heterocycles. The van der Waals surface area contributed by atoms with Gasteiger partial charge in [-0.05, 0) is 30.3 Å². The molecule has 37 heavy (non-hydrogen) atoms. The standard InChI is InChI=1S/C24H28N4O9/c1-15(29)35-11-9-28(10-12-36-16(2)30)22-13-21(27-37-17(3)31)20(14-23(22)34-4)26-25-19-7-5-18(6-8-19)24(32)33/h5-8,13-14,27H,9-12H2,1-4H3,(H,32,33). The molecule has 0 atom stereocenters. The number of methoxy groups -OCH3 is 1. The smallest absolute Gasteiger partial charge is 0.335 e. The summed E-state index contributed by atoms with van der Waals surface area (Å²) in [4.78, 5) is 51.6. The summed E-state index contributed by atoms with van der Waals surface area (Å²) in [6.07, 6.45) is 0. The monoisotopic (exact) mass is 516 g/mol. The number of anilines is 2. The van der Waals surface area contributed by atoms with Crippen molar-refractivity contribution in [2.45, 2.75) is 20.8 Å². The zero-order valence-electron chi connectivity index (χ0n) is 20.8. The van der Waals surface area contributed by atoms with Crippen LogP contribution >= 0.6 is 0 Å². The largest absolute Gasteiger partial charge is 0.494 e.